The molecule has 0 saturated carbocycles. The third-order valence-corrected chi connectivity index (χ3v) is 5.13. The fraction of sp³-hybridized carbons (Fsp3) is 0.462. The van der Waals surface area contributed by atoms with Gasteiger partial charge in [-0.1, -0.05) is 12.1 Å². The van der Waals surface area contributed by atoms with E-state index >= 15 is 0 Å². The molecule has 0 saturated heterocycles. The third-order valence-electron chi connectivity index (χ3n) is 3.09. The van der Waals surface area contributed by atoms with Crippen LogP contribution in [0.15, 0.2) is 24.3 Å². The Morgan fingerprint density at radius 1 is 1.26 bits per heavy atom. The van der Waals surface area contributed by atoms with Gasteiger partial charge >= 0.3 is 0 Å². The van der Waals surface area contributed by atoms with Crippen LogP contribution in [0, 0.1) is 0 Å². The molecule has 6 heteroatoms. The zero-order chi connectivity index (χ0) is 14.7. The number of hydrogen-bond acceptors (Lipinski definition) is 4. The standard InChI is InChI=1S/C13H19NO4S/c1-13(2,19(3,17)18)12(16)14-11-6-4-10(5-7-11)8-9-15/h4-7,15H,8-9H2,1-3H3,(H,14,16). The van der Waals surface area contributed by atoms with Crippen LogP contribution < -0.4 is 5.32 Å². The molecule has 5 nitrogen and oxygen atoms in total. The van der Waals surface area contributed by atoms with Gasteiger partial charge in [-0.2, -0.15) is 0 Å². The van der Waals surface area contributed by atoms with E-state index in [0.717, 1.165) is 11.8 Å². The van der Waals surface area contributed by atoms with Crippen molar-refractivity contribution in [3.8, 4) is 0 Å². The van der Waals surface area contributed by atoms with Crippen molar-refractivity contribution >= 4 is 21.4 Å². The van der Waals surface area contributed by atoms with E-state index in [4.69, 9.17) is 5.11 Å². The van der Waals surface area contributed by atoms with Gasteiger partial charge < -0.3 is 10.4 Å². The Bertz CT molecular complexity index is 547. The van der Waals surface area contributed by atoms with Crippen LogP contribution in [0.25, 0.3) is 0 Å². The van der Waals surface area contributed by atoms with E-state index in [-0.39, 0.29) is 6.61 Å². The van der Waals surface area contributed by atoms with Crippen LogP contribution in [0.5, 0.6) is 0 Å². The Labute approximate surface area is 113 Å². The summed E-state index contributed by atoms with van der Waals surface area (Å²) >= 11 is 0. The second kappa shape index (κ2) is 5.71. The molecule has 0 atom stereocenters. The minimum atomic E-state index is -3.48. The Balaban J connectivity index is 2.83. The van der Waals surface area contributed by atoms with Gasteiger partial charge in [-0.3, -0.25) is 4.79 Å². The number of rotatable bonds is 5. The first-order chi connectivity index (χ1) is 8.68. The zero-order valence-electron chi connectivity index (χ0n) is 11.3. The molecule has 1 aromatic rings. The van der Waals surface area contributed by atoms with Gasteiger partial charge in [-0.15, -0.1) is 0 Å². The van der Waals surface area contributed by atoms with Crippen molar-refractivity contribution in [2.45, 2.75) is 25.0 Å². The van der Waals surface area contributed by atoms with Crippen molar-refractivity contribution in [3.05, 3.63) is 29.8 Å². The first kappa shape index (κ1) is 15.7. The summed E-state index contributed by atoms with van der Waals surface area (Å²) in [7, 11) is -3.48. The predicted molar refractivity (Wildman–Crippen MR) is 74.8 cm³/mol. The number of carbonyl (C=O) groups is 1. The summed E-state index contributed by atoms with van der Waals surface area (Å²) in [6.07, 6.45) is 1.58. The molecule has 0 aliphatic rings. The maximum absolute atomic E-state index is 12.0. The molecule has 106 valence electrons. The molecule has 0 bridgehead atoms. The van der Waals surface area contributed by atoms with E-state index in [0.29, 0.717) is 12.1 Å². The Kier molecular flexibility index (Phi) is 4.70. The summed E-state index contributed by atoms with van der Waals surface area (Å²) in [5.74, 6) is -0.565. The second-order valence-electron chi connectivity index (χ2n) is 4.91. The van der Waals surface area contributed by atoms with Gasteiger partial charge in [0.1, 0.15) is 4.75 Å². The fourth-order valence-electron chi connectivity index (χ4n) is 1.33. The number of aliphatic hydroxyl groups is 1. The number of hydrogen-bond donors (Lipinski definition) is 2. The lowest BCUT2D eigenvalue weighted by Crippen LogP contribution is -2.43. The molecule has 0 spiro atoms. The lowest BCUT2D eigenvalue weighted by atomic mass is 10.1. The third kappa shape index (κ3) is 3.78. The molecule has 0 aliphatic carbocycles. The highest BCUT2D eigenvalue weighted by molar-refractivity contribution is 7.92. The predicted octanol–water partition coefficient (Wildman–Crippen LogP) is 0.983. The summed E-state index contributed by atoms with van der Waals surface area (Å²) in [6, 6.07) is 6.92. The van der Waals surface area contributed by atoms with Crippen molar-refractivity contribution in [3.63, 3.8) is 0 Å². The average molecular weight is 285 g/mol. The Morgan fingerprint density at radius 3 is 2.21 bits per heavy atom. The molecule has 2 N–H and O–H groups in total. The molecule has 0 unspecified atom stereocenters. The Hall–Kier alpha value is -1.40. The van der Waals surface area contributed by atoms with E-state index in [9.17, 15) is 13.2 Å². The summed E-state index contributed by atoms with van der Waals surface area (Å²) < 4.78 is 21.6. The van der Waals surface area contributed by atoms with Crippen molar-refractivity contribution in [1.82, 2.24) is 0 Å². The average Bonchev–Trinajstić information content (AvgIpc) is 2.30. The molecule has 0 aromatic heterocycles. The second-order valence-corrected chi connectivity index (χ2v) is 7.47. The number of amides is 1. The molecule has 1 amide bonds. The van der Waals surface area contributed by atoms with Gasteiger partial charge in [0, 0.05) is 18.6 Å². The molecule has 0 radical (unpaired) electrons. The van der Waals surface area contributed by atoms with Crippen LogP contribution in [0.1, 0.15) is 19.4 Å². The molecule has 0 heterocycles. The fourth-order valence-corrected chi connectivity index (χ4v) is 1.72. The highest BCUT2D eigenvalue weighted by Gasteiger charge is 2.38. The highest BCUT2D eigenvalue weighted by atomic mass is 32.2. The summed E-state index contributed by atoms with van der Waals surface area (Å²) in [6.45, 7) is 2.81. The van der Waals surface area contributed by atoms with Crippen LogP contribution in [0.3, 0.4) is 0 Å². The monoisotopic (exact) mass is 285 g/mol. The Morgan fingerprint density at radius 2 is 1.79 bits per heavy atom. The normalized spacial score (nSPS) is 12.2. The van der Waals surface area contributed by atoms with Crippen molar-refractivity contribution in [2.24, 2.45) is 0 Å². The molecule has 1 rings (SSSR count). The molecular weight excluding hydrogens is 266 g/mol. The van der Waals surface area contributed by atoms with Gasteiger partial charge in [-0.05, 0) is 38.0 Å². The SMILES string of the molecule is CC(C)(C(=O)Nc1ccc(CCO)cc1)S(C)(=O)=O. The molecule has 0 aliphatic heterocycles. The van der Waals surface area contributed by atoms with Crippen LogP contribution >= 0.6 is 0 Å². The molecular formula is C13H19NO4S. The summed E-state index contributed by atoms with van der Waals surface area (Å²) in [5, 5.41) is 11.4. The topological polar surface area (TPSA) is 83.5 Å². The van der Waals surface area contributed by atoms with Crippen LogP contribution in [0.2, 0.25) is 0 Å². The zero-order valence-corrected chi connectivity index (χ0v) is 12.1. The first-order valence-corrected chi connectivity index (χ1v) is 7.78. The van der Waals surface area contributed by atoms with E-state index in [2.05, 4.69) is 5.32 Å². The van der Waals surface area contributed by atoms with Gasteiger partial charge in [0.2, 0.25) is 5.91 Å². The lowest BCUT2D eigenvalue weighted by Gasteiger charge is -2.21. The molecule has 1 aromatic carbocycles. The number of carbonyl (C=O) groups excluding carboxylic acids is 1. The largest absolute Gasteiger partial charge is 0.396 e. The number of aliphatic hydroxyl groups excluding tert-OH is 1. The highest BCUT2D eigenvalue weighted by Crippen LogP contribution is 2.19. The minimum Gasteiger partial charge on any atom is -0.396 e. The summed E-state index contributed by atoms with van der Waals surface area (Å²) in [4.78, 5) is 12.0. The van der Waals surface area contributed by atoms with Gasteiger partial charge in [0.25, 0.3) is 0 Å². The van der Waals surface area contributed by atoms with E-state index in [1.54, 1.807) is 24.3 Å². The molecule has 0 fully saturated rings. The first-order valence-electron chi connectivity index (χ1n) is 5.89. The van der Waals surface area contributed by atoms with Crippen molar-refractivity contribution < 1.29 is 18.3 Å². The number of sulfone groups is 1. The van der Waals surface area contributed by atoms with Crippen molar-refractivity contribution in [2.75, 3.05) is 18.2 Å². The maximum Gasteiger partial charge on any atom is 0.245 e. The van der Waals surface area contributed by atoms with Crippen LogP contribution in [-0.4, -0.2) is 37.0 Å². The quantitative estimate of drug-likeness (QED) is 0.845. The molecule has 19 heavy (non-hydrogen) atoms. The number of nitrogens with one attached hydrogen (secondary N) is 1. The van der Waals surface area contributed by atoms with Gasteiger partial charge in [0.15, 0.2) is 9.84 Å². The van der Waals surface area contributed by atoms with Crippen LogP contribution in [0.4, 0.5) is 5.69 Å². The maximum atomic E-state index is 12.0. The summed E-state index contributed by atoms with van der Waals surface area (Å²) in [5.41, 5.74) is 1.48. The van der Waals surface area contributed by atoms with Crippen LogP contribution in [-0.2, 0) is 21.1 Å². The smallest absolute Gasteiger partial charge is 0.245 e. The van der Waals surface area contributed by atoms with Crippen molar-refractivity contribution in [1.29, 1.82) is 0 Å². The van der Waals surface area contributed by atoms with Gasteiger partial charge in [0.05, 0.1) is 0 Å². The van der Waals surface area contributed by atoms with Gasteiger partial charge in [-0.25, -0.2) is 8.42 Å². The number of benzene rings is 1. The van der Waals surface area contributed by atoms with E-state index in [1.807, 2.05) is 0 Å². The lowest BCUT2D eigenvalue weighted by molar-refractivity contribution is -0.117. The van der Waals surface area contributed by atoms with E-state index < -0.39 is 20.5 Å². The number of anilines is 1. The van der Waals surface area contributed by atoms with E-state index in [1.165, 1.54) is 13.8 Å². The minimum absolute atomic E-state index is 0.0623.